The molecule has 0 aliphatic rings. The van der Waals surface area contributed by atoms with E-state index >= 15 is 0 Å². The number of rotatable bonds is 4. The average Bonchev–Trinajstić information content (AvgIpc) is 2.86. The third kappa shape index (κ3) is 2.19. The van der Waals surface area contributed by atoms with Gasteiger partial charge in [-0.25, -0.2) is 18.1 Å². The molecule has 18 heavy (non-hydrogen) atoms. The van der Waals surface area contributed by atoms with E-state index in [1.165, 1.54) is 11.0 Å². The number of hydrogen-bond acceptors (Lipinski definition) is 6. The number of aromatic nitrogens is 5. The van der Waals surface area contributed by atoms with Crippen LogP contribution in [-0.4, -0.2) is 33.4 Å². The fourth-order valence-corrected chi connectivity index (χ4v) is 2.81. The minimum atomic E-state index is -3.72. The molecule has 4 N–H and O–H groups in total. The predicted octanol–water partition coefficient (Wildman–Crippen LogP) is -1.09. The highest BCUT2D eigenvalue weighted by atomic mass is 32.2. The van der Waals surface area contributed by atoms with Crippen molar-refractivity contribution < 1.29 is 8.42 Å². The third-order valence-corrected chi connectivity index (χ3v) is 4.03. The SMILES string of the molecule is Cc1c(S(=O)(=O)NCc2ncn[nH]2)c(N)nn1C. The Morgan fingerprint density at radius 2 is 2.28 bits per heavy atom. The van der Waals surface area contributed by atoms with E-state index < -0.39 is 10.0 Å². The summed E-state index contributed by atoms with van der Waals surface area (Å²) in [5, 5.41) is 10.0. The highest BCUT2D eigenvalue weighted by Gasteiger charge is 2.24. The first-order valence-corrected chi connectivity index (χ1v) is 6.53. The Bertz CT molecular complexity index is 643. The van der Waals surface area contributed by atoms with Gasteiger partial charge in [0.15, 0.2) is 5.82 Å². The first-order valence-electron chi connectivity index (χ1n) is 5.05. The van der Waals surface area contributed by atoms with Gasteiger partial charge in [0.05, 0.1) is 12.2 Å². The van der Waals surface area contributed by atoms with Gasteiger partial charge in [-0.2, -0.15) is 10.2 Å². The van der Waals surface area contributed by atoms with Crippen molar-refractivity contribution >= 4 is 15.8 Å². The smallest absolute Gasteiger partial charge is 0.246 e. The number of nitrogens with zero attached hydrogens (tertiary/aromatic N) is 4. The summed E-state index contributed by atoms with van der Waals surface area (Å²) < 4.78 is 27.9. The van der Waals surface area contributed by atoms with E-state index in [0.717, 1.165) is 0 Å². The van der Waals surface area contributed by atoms with Crippen LogP contribution in [0.1, 0.15) is 11.5 Å². The minimum Gasteiger partial charge on any atom is -0.381 e. The van der Waals surface area contributed by atoms with Gasteiger partial charge in [0.25, 0.3) is 0 Å². The zero-order chi connectivity index (χ0) is 13.3. The molecule has 2 heterocycles. The second-order valence-corrected chi connectivity index (χ2v) is 5.38. The molecule has 9 nitrogen and oxygen atoms in total. The van der Waals surface area contributed by atoms with Gasteiger partial charge in [0.2, 0.25) is 10.0 Å². The Balaban J connectivity index is 2.26. The van der Waals surface area contributed by atoms with Gasteiger partial charge >= 0.3 is 0 Å². The molecule has 0 unspecified atom stereocenters. The van der Waals surface area contributed by atoms with Crippen molar-refractivity contribution in [2.45, 2.75) is 18.4 Å². The van der Waals surface area contributed by atoms with Crippen molar-refractivity contribution in [2.24, 2.45) is 7.05 Å². The first-order chi connectivity index (χ1) is 8.42. The number of aryl methyl sites for hydroxylation is 1. The van der Waals surface area contributed by atoms with Gasteiger partial charge in [-0.3, -0.25) is 9.78 Å². The normalized spacial score (nSPS) is 11.9. The van der Waals surface area contributed by atoms with Crippen molar-refractivity contribution in [2.75, 3.05) is 5.73 Å². The first kappa shape index (κ1) is 12.5. The number of nitrogen functional groups attached to an aromatic ring is 1. The zero-order valence-electron chi connectivity index (χ0n) is 9.88. The molecule has 0 saturated carbocycles. The van der Waals surface area contributed by atoms with Crippen LogP contribution >= 0.6 is 0 Å². The predicted molar refractivity (Wildman–Crippen MR) is 62.8 cm³/mol. The van der Waals surface area contributed by atoms with E-state index in [2.05, 4.69) is 25.0 Å². The van der Waals surface area contributed by atoms with Crippen LogP contribution in [0.5, 0.6) is 0 Å². The fourth-order valence-electron chi connectivity index (χ4n) is 1.50. The lowest BCUT2D eigenvalue weighted by Gasteiger charge is -2.05. The average molecular weight is 271 g/mol. The maximum absolute atomic E-state index is 12.1. The van der Waals surface area contributed by atoms with Crippen LogP contribution in [0.15, 0.2) is 11.2 Å². The van der Waals surface area contributed by atoms with Crippen molar-refractivity contribution in [3.8, 4) is 0 Å². The molecule has 0 radical (unpaired) electrons. The van der Waals surface area contributed by atoms with Crippen molar-refractivity contribution in [1.82, 2.24) is 29.7 Å². The maximum Gasteiger partial charge on any atom is 0.246 e. The molecular weight excluding hydrogens is 258 g/mol. The van der Waals surface area contributed by atoms with Crippen molar-refractivity contribution in [1.29, 1.82) is 0 Å². The second-order valence-electron chi connectivity index (χ2n) is 3.68. The molecule has 0 aromatic carbocycles. The lowest BCUT2D eigenvalue weighted by molar-refractivity contribution is 0.578. The summed E-state index contributed by atoms with van der Waals surface area (Å²) in [7, 11) is -2.10. The van der Waals surface area contributed by atoms with Crippen molar-refractivity contribution in [3.05, 3.63) is 17.8 Å². The second kappa shape index (κ2) is 4.38. The number of nitrogens with two attached hydrogens (primary N) is 1. The maximum atomic E-state index is 12.1. The Morgan fingerprint density at radius 3 is 2.78 bits per heavy atom. The highest BCUT2D eigenvalue weighted by Crippen LogP contribution is 2.20. The molecule has 0 atom stereocenters. The Labute approximate surface area is 103 Å². The van der Waals surface area contributed by atoms with Crippen LogP contribution in [0.3, 0.4) is 0 Å². The van der Waals surface area contributed by atoms with Gasteiger partial charge in [-0.05, 0) is 6.92 Å². The summed E-state index contributed by atoms with van der Waals surface area (Å²) in [5.74, 6) is 0.388. The Kier molecular flexibility index (Phi) is 3.05. The molecule has 0 fully saturated rings. The highest BCUT2D eigenvalue weighted by molar-refractivity contribution is 7.89. The van der Waals surface area contributed by atoms with E-state index in [4.69, 9.17) is 5.73 Å². The number of sulfonamides is 1. The van der Waals surface area contributed by atoms with Crippen LogP contribution in [0, 0.1) is 6.92 Å². The van der Waals surface area contributed by atoms with E-state index in [9.17, 15) is 8.42 Å². The third-order valence-electron chi connectivity index (χ3n) is 2.47. The van der Waals surface area contributed by atoms with E-state index in [1.54, 1.807) is 14.0 Å². The molecule has 98 valence electrons. The Morgan fingerprint density at radius 1 is 1.56 bits per heavy atom. The quantitative estimate of drug-likeness (QED) is 0.647. The van der Waals surface area contributed by atoms with Gasteiger partial charge in [0, 0.05) is 7.05 Å². The molecule has 0 aliphatic carbocycles. The number of aromatic amines is 1. The summed E-state index contributed by atoms with van der Waals surface area (Å²) in [4.78, 5) is 3.81. The van der Waals surface area contributed by atoms with E-state index in [-0.39, 0.29) is 17.3 Å². The van der Waals surface area contributed by atoms with Crippen LogP contribution in [0.2, 0.25) is 0 Å². The number of hydrogen-bond donors (Lipinski definition) is 3. The molecule has 0 bridgehead atoms. The van der Waals surface area contributed by atoms with Gasteiger partial charge < -0.3 is 5.73 Å². The molecule has 2 aromatic rings. The topological polar surface area (TPSA) is 132 Å². The standard InChI is InChI=1S/C8H13N7O2S/c1-5-7(8(9)14-15(5)2)18(16,17)12-3-6-10-4-11-13-6/h4,12H,3H2,1-2H3,(H2,9,14)(H,10,11,13). The van der Waals surface area contributed by atoms with Gasteiger partial charge in [0.1, 0.15) is 17.0 Å². The summed E-state index contributed by atoms with van der Waals surface area (Å²) in [5.41, 5.74) is 6.06. The summed E-state index contributed by atoms with van der Waals surface area (Å²) in [6, 6.07) is 0. The minimum absolute atomic E-state index is 0.00971. The van der Waals surface area contributed by atoms with Crippen LogP contribution in [-0.2, 0) is 23.6 Å². The molecular formula is C8H13N7O2S. The number of H-pyrrole nitrogens is 1. The van der Waals surface area contributed by atoms with Gasteiger partial charge in [-0.15, -0.1) is 0 Å². The monoisotopic (exact) mass is 271 g/mol. The van der Waals surface area contributed by atoms with Crippen LogP contribution in [0.25, 0.3) is 0 Å². The lowest BCUT2D eigenvalue weighted by Crippen LogP contribution is -2.25. The number of nitrogens with one attached hydrogen (secondary N) is 2. The van der Waals surface area contributed by atoms with Gasteiger partial charge in [-0.1, -0.05) is 0 Å². The fraction of sp³-hybridized carbons (Fsp3) is 0.375. The van der Waals surface area contributed by atoms with E-state index in [1.807, 2.05) is 0 Å². The molecule has 0 aliphatic heterocycles. The molecule has 0 amide bonds. The largest absolute Gasteiger partial charge is 0.381 e. The summed E-state index contributed by atoms with van der Waals surface area (Å²) >= 11 is 0. The molecule has 2 aromatic heterocycles. The van der Waals surface area contributed by atoms with Crippen LogP contribution in [0.4, 0.5) is 5.82 Å². The molecule has 0 saturated heterocycles. The zero-order valence-corrected chi connectivity index (χ0v) is 10.7. The lowest BCUT2D eigenvalue weighted by atomic mass is 10.5. The summed E-state index contributed by atoms with van der Waals surface area (Å²) in [6.45, 7) is 1.64. The number of anilines is 1. The Hall–Kier alpha value is -1.94. The molecule has 2 rings (SSSR count). The summed E-state index contributed by atoms with van der Waals surface area (Å²) in [6.07, 6.45) is 1.30. The molecule has 0 spiro atoms. The van der Waals surface area contributed by atoms with Crippen molar-refractivity contribution in [3.63, 3.8) is 0 Å². The van der Waals surface area contributed by atoms with Crippen LogP contribution < -0.4 is 10.5 Å². The van der Waals surface area contributed by atoms with E-state index in [0.29, 0.717) is 11.5 Å². The molecule has 10 heteroatoms.